The van der Waals surface area contributed by atoms with Gasteiger partial charge in [0, 0.05) is 10.8 Å². The number of benzene rings is 6. The first-order valence-corrected chi connectivity index (χ1v) is 23.2. The Morgan fingerprint density at radius 1 is 0.383 bits per heavy atom. The predicted octanol–water partition coefficient (Wildman–Crippen LogP) is 14.2. The van der Waals surface area contributed by atoms with E-state index in [9.17, 15) is 0 Å². The molecule has 2 saturated carbocycles. The molecule has 3 fully saturated rings. The number of allylic oxidation sites excluding steroid dienone is 2. The van der Waals surface area contributed by atoms with Crippen molar-refractivity contribution in [1.29, 1.82) is 0 Å². The zero-order valence-electron chi connectivity index (χ0n) is 34.8. The molecule has 6 aliphatic rings. The molecule has 2 N–H and O–H groups in total. The molecule has 0 radical (unpaired) electrons. The molecular formula is C58H56N2. The lowest BCUT2D eigenvalue weighted by molar-refractivity contribution is 0.232. The van der Waals surface area contributed by atoms with Crippen LogP contribution in [0.4, 0.5) is 0 Å². The summed E-state index contributed by atoms with van der Waals surface area (Å²) < 4.78 is 0. The van der Waals surface area contributed by atoms with Gasteiger partial charge in [-0.2, -0.15) is 0 Å². The molecule has 1 aliphatic heterocycles. The third-order valence-corrected chi connectivity index (χ3v) is 15.8. The highest BCUT2D eigenvalue weighted by molar-refractivity contribution is 5.91. The molecule has 1 saturated heterocycles. The van der Waals surface area contributed by atoms with Crippen LogP contribution in [-0.2, 0) is 10.8 Å². The van der Waals surface area contributed by atoms with E-state index in [2.05, 4.69) is 168 Å². The van der Waals surface area contributed by atoms with Crippen LogP contribution in [-0.4, -0.2) is 6.04 Å². The molecule has 2 heteroatoms. The van der Waals surface area contributed by atoms with Gasteiger partial charge in [0.2, 0.25) is 0 Å². The molecule has 298 valence electrons. The minimum atomic E-state index is 0.104. The van der Waals surface area contributed by atoms with E-state index in [0.717, 1.165) is 12.8 Å². The number of nitrogens with one attached hydrogen (secondary N) is 2. The molecule has 2 spiro atoms. The molecule has 0 bridgehead atoms. The van der Waals surface area contributed by atoms with Crippen molar-refractivity contribution in [3.05, 3.63) is 202 Å². The summed E-state index contributed by atoms with van der Waals surface area (Å²) in [6, 6.07) is 54.5. The number of hydrogen-bond acceptors (Lipinski definition) is 2. The van der Waals surface area contributed by atoms with Crippen LogP contribution in [0.15, 0.2) is 163 Å². The molecule has 4 atom stereocenters. The third kappa shape index (κ3) is 5.74. The molecule has 0 aromatic heterocycles. The van der Waals surface area contributed by atoms with E-state index >= 15 is 0 Å². The van der Waals surface area contributed by atoms with Gasteiger partial charge in [-0.1, -0.05) is 184 Å². The first-order valence-electron chi connectivity index (χ1n) is 23.2. The second-order valence-corrected chi connectivity index (χ2v) is 18.9. The standard InChI is InChI=1S/C58H56N2/c1-6-18-40(19-7-1)53-54(41-20-8-2-9-21-41)60-56(55(59-53)42-22-10-3-11-23-42)43-28-26-39(27-29-43)44-30-31-46-48-37-47-45-24-12-13-25-49(45)57(32-14-4-15-33-57)51(47)38-52(48)58(50(46)36-44)34-16-5-17-35-58/h1-2,6-10,12-13,18-31,36-38,53-56,59-60H,3-5,11,14-17,32-35H2. The number of fused-ring (bicyclic) bond motifs is 10. The van der Waals surface area contributed by atoms with Crippen LogP contribution in [0.25, 0.3) is 33.4 Å². The quantitative estimate of drug-likeness (QED) is 0.182. The minimum absolute atomic E-state index is 0.104. The molecule has 12 rings (SSSR count). The molecule has 0 amide bonds. The van der Waals surface area contributed by atoms with Crippen LogP contribution in [0, 0.1) is 0 Å². The van der Waals surface area contributed by atoms with Gasteiger partial charge in [0.25, 0.3) is 0 Å². The van der Waals surface area contributed by atoms with Gasteiger partial charge < -0.3 is 0 Å². The van der Waals surface area contributed by atoms with Gasteiger partial charge in [0.05, 0.1) is 24.2 Å². The molecule has 6 aromatic carbocycles. The van der Waals surface area contributed by atoms with Gasteiger partial charge in [-0.05, 0) is 129 Å². The fraction of sp³-hybridized carbons (Fsp3) is 0.310. The van der Waals surface area contributed by atoms with Crippen LogP contribution in [0.5, 0.6) is 0 Å². The molecule has 5 aliphatic carbocycles. The predicted molar refractivity (Wildman–Crippen MR) is 248 cm³/mol. The Hall–Kier alpha value is -5.28. The number of piperazine rings is 1. The van der Waals surface area contributed by atoms with E-state index in [0.29, 0.717) is 0 Å². The van der Waals surface area contributed by atoms with E-state index in [1.165, 1.54) is 120 Å². The van der Waals surface area contributed by atoms with E-state index in [1.54, 1.807) is 22.3 Å². The Kier molecular flexibility index (Phi) is 8.97. The Morgan fingerprint density at radius 3 is 1.53 bits per heavy atom. The molecule has 60 heavy (non-hydrogen) atoms. The van der Waals surface area contributed by atoms with Crippen LogP contribution < -0.4 is 10.6 Å². The van der Waals surface area contributed by atoms with Crippen LogP contribution in [0.3, 0.4) is 0 Å². The summed E-state index contributed by atoms with van der Waals surface area (Å²) in [7, 11) is 0. The van der Waals surface area contributed by atoms with Crippen molar-refractivity contribution >= 4 is 0 Å². The highest BCUT2D eigenvalue weighted by atomic mass is 15.2. The lowest BCUT2D eigenvalue weighted by Crippen LogP contribution is -2.54. The minimum Gasteiger partial charge on any atom is -0.300 e. The first kappa shape index (κ1) is 36.6. The normalized spacial score (nSPS) is 24.4. The third-order valence-electron chi connectivity index (χ3n) is 15.8. The summed E-state index contributed by atoms with van der Waals surface area (Å²) in [6.07, 6.45) is 22.5. The Labute approximate surface area is 356 Å². The molecule has 4 unspecified atom stereocenters. The lowest BCUT2D eigenvalue weighted by Gasteiger charge is -2.45. The van der Waals surface area contributed by atoms with Gasteiger partial charge in [0.15, 0.2) is 0 Å². The summed E-state index contributed by atoms with van der Waals surface area (Å²) >= 11 is 0. The zero-order valence-corrected chi connectivity index (χ0v) is 34.8. The topological polar surface area (TPSA) is 24.1 Å². The van der Waals surface area contributed by atoms with Gasteiger partial charge >= 0.3 is 0 Å². The summed E-state index contributed by atoms with van der Waals surface area (Å²) in [5, 5.41) is 8.44. The van der Waals surface area contributed by atoms with Crippen LogP contribution in [0.2, 0.25) is 0 Å². The van der Waals surface area contributed by atoms with Crippen molar-refractivity contribution in [2.75, 3.05) is 0 Å². The largest absolute Gasteiger partial charge is 0.300 e. The fourth-order valence-corrected chi connectivity index (χ4v) is 13.0. The monoisotopic (exact) mass is 780 g/mol. The maximum Gasteiger partial charge on any atom is 0.0523 e. The molecule has 6 aromatic rings. The number of rotatable bonds is 5. The van der Waals surface area contributed by atoms with Crippen molar-refractivity contribution in [2.24, 2.45) is 0 Å². The highest BCUT2D eigenvalue weighted by Crippen LogP contribution is 2.62. The van der Waals surface area contributed by atoms with E-state index in [1.807, 2.05) is 0 Å². The maximum absolute atomic E-state index is 4.23. The van der Waals surface area contributed by atoms with E-state index in [-0.39, 0.29) is 35.0 Å². The second-order valence-electron chi connectivity index (χ2n) is 18.9. The molecule has 2 nitrogen and oxygen atoms in total. The average molecular weight is 781 g/mol. The van der Waals surface area contributed by atoms with Crippen LogP contribution >= 0.6 is 0 Å². The zero-order chi connectivity index (χ0) is 39.7. The lowest BCUT2D eigenvalue weighted by atomic mass is 9.64. The van der Waals surface area contributed by atoms with Crippen molar-refractivity contribution < 1.29 is 0 Å². The van der Waals surface area contributed by atoms with Crippen molar-refractivity contribution in [2.45, 2.75) is 112 Å². The van der Waals surface area contributed by atoms with Gasteiger partial charge in [0.1, 0.15) is 0 Å². The van der Waals surface area contributed by atoms with Gasteiger partial charge in [-0.3, -0.25) is 10.6 Å². The van der Waals surface area contributed by atoms with Crippen molar-refractivity contribution in [3.63, 3.8) is 0 Å². The van der Waals surface area contributed by atoms with Crippen molar-refractivity contribution in [1.82, 2.24) is 10.6 Å². The highest BCUT2D eigenvalue weighted by Gasteiger charge is 2.49. The summed E-state index contributed by atoms with van der Waals surface area (Å²) in [6.45, 7) is 0. The smallest absolute Gasteiger partial charge is 0.0523 e. The van der Waals surface area contributed by atoms with E-state index in [4.69, 9.17) is 0 Å². The summed E-state index contributed by atoms with van der Waals surface area (Å²) in [4.78, 5) is 0. The number of hydrogen-bond donors (Lipinski definition) is 2. The van der Waals surface area contributed by atoms with Crippen LogP contribution in [0.1, 0.15) is 134 Å². The summed E-state index contributed by atoms with van der Waals surface area (Å²) in [5.41, 5.74) is 20.7. The van der Waals surface area contributed by atoms with E-state index < -0.39 is 0 Å². The first-order chi connectivity index (χ1) is 29.7. The Bertz CT molecular complexity index is 2620. The average Bonchev–Trinajstić information content (AvgIpc) is 3.73. The summed E-state index contributed by atoms with van der Waals surface area (Å²) in [5.74, 6) is 0. The second kappa shape index (κ2) is 14.7. The van der Waals surface area contributed by atoms with Crippen molar-refractivity contribution in [3.8, 4) is 33.4 Å². The maximum atomic E-state index is 4.23. The Balaban J connectivity index is 0.920. The fourth-order valence-electron chi connectivity index (χ4n) is 13.0. The van der Waals surface area contributed by atoms with Gasteiger partial charge in [-0.15, -0.1) is 0 Å². The SMILES string of the molecule is C1=CC(C2NC(c3ccccc3)C(c3ccccc3)NC2c2ccc(-c3ccc4c(c3)C3(CCCCC3)c3cc5c(cc3-4)-c3ccccc3C53CCCCC3)cc2)=CCC1. The molecule has 1 heterocycles. The molecular weight excluding hydrogens is 725 g/mol. The van der Waals surface area contributed by atoms with Gasteiger partial charge in [-0.25, -0.2) is 0 Å². The Morgan fingerprint density at radius 2 is 0.900 bits per heavy atom.